The van der Waals surface area contributed by atoms with Crippen molar-refractivity contribution >= 4 is 29.9 Å². The molecule has 1 aromatic rings. The molecule has 2 fully saturated rings. The highest BCUT2D eigenvalue weighted by atomic mass is 127. The number of likely N-dealkylation sites (tertiary alicyclic amines) is 2. The number of rotatable bonds is 6. The molecule has 0 amide bonds. The summed E-state index contributed by atoms with van der Waals surface area (Å²) >= 11 is 0. The number of nitrogens with zero attached hydrogens (tertiary/aromatic N) is 3. The van der Waals surface area contributed by atoms with Crippen LogP contribution in [0.2, 0.25) is 0 Å². The van der Waals surface area contributed by atoms with Crippen molar-refractivity contribution in [3.8, 4) is 5.75 Å². The quantitative estimate of drug-likeness (QED) is 0.335. The van der Waals surface area contributed by atoms with E-state index in [1.807, 2.05) is 13.1 Å². The number of hydrogen-bond donors (Lipinski definition) is 2. The lowest BCUT2D eigenvalue weighted by Crippen LogP contribution is -2.50. The molecule has 2 aliphatic heterocycles. The second kappa shape index (κ2) is 12.7. The number of ether oxygens (including phenoxy) is 1. The van der Waals surface area contributed by atoms with Gasteiger partial charge in [0.2, 0.25) is 0 Å². The van der Waals surface area contributed by atoms with Crippen molar-refractivity contribution in [2.75, 3.05) is 53.9 Å². The minimum Gasteiger partial charge on any atom is -0.494 e. The fraction of sp³-hybridized carbons (Fsp3) is 0.682. The van der Waals surface area contributed by atoms with E-state index in [4.69, 9.17) is 4.74 Å². The second-order valence-corrected chi connectivity index (χ2v) is 8.39. The fourth-order valence-corrected chi connectivity index (χ4v) is 4.37. The summed E-state index contributed by atoms with van der Waals surface area (Å²) in [6, 6.07) is 5.66. The van der Waals surface area contributed by atoms with Gasteiger partial charge in [0.25, 0.3) is 0 Å². The average molecular weight is 533 g/mol. The molecule has 2 saturated heterocycles. The molecule has 2 aliphatic rings. The Bertz CT molecular complexity index is 681. The minimum absolute atomic E-state index is 0. The maximum atomic E-state index is 13.9. The molecule has 0 aliphatic carbocycles. The Kier molecular flexibility index (Phi) is 10.6. The lowest BCUT2D eigenvalue weighted by molar-refractivity contribution is 0.197. The van der Waals surface area contributed by atoms with E-state index in [0.29, 0.717) is 17.7 Å². The first kappa shape index (κ1) is 25.1. The van der Waals surface area contributed by atoms with Gasteiger partial charge >= 0.3 is 0 Å². The minimum atomic E-state index is -0.291. The average Bonchev–Trinajstić information content (AvgIpc) is 2.72. The molecule has 1 aromatic carbocycles. The van der Waals surface area contributed by atoms with Gasteiger partial charge in [0.1, 0.15) is 0 Å². The van der Waals surface area contributed by atoms with Gasteiger partial charge in [-0.05, 0) is 62.9 Å². The Morgan fingerprint density at radius 3 is 2.63 bits per heavy atom. The van der Waals surface area contributed by atoms with Crippen LogP contribution in [0.25, 0.3) is 0 Å². The number of nitrogens with one attached hydrogen (secondary N) is 2. The second-order valence-electron chi connectivity index (χ2n) is 8.39. The van der Waals surface area contributed by atoms with Gasteiger partial charge in [0.05, 0.1) is 7.11 Å². The van der Waals surface area contributed by atoms with Crippen LogP contribution < -0.4 is 15.4 Å². The molecule has 0 aromatic heterocycles. The zero-order chi connectivity index (χ0) is 20.6. The van der Waals surface area contributed by atoms with Crippen molar-refractivity contribution in [1.82, 2.24) is 20.4 Å². The van der Waals surface area contributed by atoms with Crippen molar-refractivity contribution in [1.29, 1.82) is 0 Å². The van der Waals surface area contributed by atoms with Crippen LogP contribution in [0.1, 0.15) is 31.2 Å². The highest BCUT2D eigenvalue weighted by Gasteiger charge is 2.21. The van der Waals surface area contributed by atoms with Crippen LogP contribution in [0.3, 0.4) is 0 Å². The van der Waals surface area contributed by atoms with Gasteiger partial charge in [-0.2, -0.15) is 0 Å². The number of aliphatic imine (C=N–C) groups is 1. The van der Waals surface area contributed by atoms with Crippen molar-refractivity contribution in [2.24, 2.45) is 10.9 Å². The first-order valence-electron chi connectivity index (χ1n) is 10.8. The smallest absolute Gasteiger partial charge is 0.191 e. The van der Waals surface area contributed by atoms with Crippen molar-refractivity contribution < 1.29 is 9.13 Å². The largest absolute Gasteiger partial charge is 0.494 e. The van der Waals surface area contributed by atoms with Gasteiger partial charge in [0, 0.05) is 45.8 Å². The molecular weight excluding hydrogens is 496 g/mol. The molecule has 0 radical (unpaired) electrons. The fourth-order valence-electron chi connectivity index (χ4n) is 4.37. The van der Waals surface area contributed by atoms with Gasteiger partial charge < -0.3 is 20.3 Å². The molecule has 3 rings (SSSR count). The summed E-state index contributed by atoms with van der Waals surface area (Å²) in [6.45, 7) is 6.12. The maximum absolute atomic E-state index is 13.9. The Balaban J connectivity index is 0.00000320. The normalized spacial score (nSPS) is 21.7. The first-order valence-corrected chi connectivity index (χ1v) is 10.8. The molecule has 2 N–H and O–H groups in total. The van der Waals surface area contributed by atoms with E-state index in [1.54, 1.807) is 12.1 Å². The molecule has 30 heavy (non-hydrogen) atoms. The summed E-state index contributed by atoms with van der Waals surface area (Å²) in [6.07, 6.45) is 4.70. The van der Waals surface area contributed by atoms with Gasteiger partial charge in [-0.15, -0.1) is 24.0 Å². The Morgan fingerprint density at radius 2 is 2.00 bits per heavy atom. The molecule has 0 spiro atoms. The third-order valence-electron chi connectivity index (χ3n) is 6.05. The molecule has 2 heterocycles. The highest BCUT2D eigenvalue weighted by molar-refractivity contribution is 14.0. The number of piperidine rings is 2. The molecular formula is C22H37FIN5O. The Labute approximate surface area is 197 Å². The summed E-state index contributed by atoms with van der Waals surface area (Å²) in [4.78, 5) is 9.21. The summed E-state index contributed by atoms with van der Waals surface area (Å²) < 4.78 is 18.9. The van der Waals surface area contributed by atoms with Gasteiger partial charge in [-0.1, -0.05) is 6.07 Å². The molecule has 0 saturated carbocycles. The Hall–Kier alpha value is -1.13. The maximum Gasteiger partial charge on any atom is 0.191 e. The number of benzene rings is 1. The molecule has 0 bridgehead atoms. The SMILES string of the molecule is CN=C(NCC1CCCN(C)C1)NC1CCN(Cc2ccc(OC)c(F)c2)CC1.I. The van der Waals surface area contributed by atoms with Crippen molar-refractivity contribution in [3.05, 3.63) is 29.6 Å². The van der Waals surface area contributed by atoms with E-state index >= 15 is 0 Å². The zero-order valence-corrected chi connectivity index (χ0v) is 20.8. The third kappa shape index (κ3) is 7.53. The topological polar surface area (TPSA) is 52.1 Å². The number of hydrogen-bond acceptors (Lipinski definition) is 4. The summed E-state index contributed by atoms with van der Waals surface area (Å²) in [5.41, 5.74) is 0.990. The van der Waals surface area contributed by atoms with Crippen LogP contribution in [0.15, 0.2) is 23.2 Å². The lowest BCUT2D eigenvalue weighted by Gasteiger charge is -2.34. The number of halogens is 2. The van der Waals surface area contributed by atoms with E-state index in [0.717, 1.165) is 57.1 Å². The summed E-state index contributed by atoms with van der Waals surface area (Å²) in [5.74, 6) is 1.61. The molecule has 170 valence electrons. The third-order valence-corrected chi connectivity index (χ3v) is 6.05. The summed E-state index contributed by atoms with van der Waals surface area (Å²) in [7, 11) is 5.54. The van der Waals surface area contributed by atoms with Crippen molar-refractivity contribution in [3.63, 3.8) is 0 Å². The van der Waals surface area contributed by atoms with Crippen LogP contribution in [0.5, 0.6) is 5.75 Å². The van der Waals surface area contributed by atoms with E-state index in [-0.39, 0.29) is 29.8 Å². The van der Waals surface area contributed by atoms with Crippen LogP contribution in [-0.2, 0) is 6.54 Å². The molecule has 1 atom stereocenters. The predicted octanol–water partition coefficient (Wildman–Crippen LogP) is 2.92. The van der Waals surface area contributed by atoms with E-state index in [2.05, 4.69) is 32.5 Å². The number of methoxy groups -OCH3 is 1. The van der Waals surface area contributed by atoms with Crippen LogP contribution in [-0.4, -0.2) is 75.7 Å². The van der Waals surface area contributed by atoms with E-state index in [9.17, 15) is 4.39 Å². The Morgan fingerprint density at radius 1 is 1.23 bits per heavy atom. The first-order chi connectivity index (χ1) is 14.1. The van der Waals surface area contributed by atoms with Crippen LogP contribution >= 0.6 is 24.0 Å². The van der Waals surface area contributed by atoms with Crippen LogP contribution in [0.4, 0.5) is 4.39 Å². The van der Waals surface area contributed by atoms with Crippen LogP contribution in [0, 0.1) is 11.7 Å². The molecule has 1 unspecified atom stereocenters. The van der Waals surface area contributed by atoms with E-state index in [1.165, 1.54) is 26.5 Å². The predicted molar refractivity (Wildman–Crippen MR) is 131 cm³/mol. The highest BCUT2D eigenvalue weighted by Crippen LogP contribution is 2.20. The standard InChI is InChI=1S/C22H36FN5O.HI/c1-24-22(25-14-18-5-4-10-27(2)15-18)26-19-8-11-28(12-9-19)16-17-6-7-21(29-3)20(23)13-17;/h6-7,13,18-19H,4-5,8-12,14-16H2,1-3H3,(H2,24,25,26);1H. The monoisotopic (exact) mass is 533 g/mol. The zero-order valence-electron chi connectivity index (χ0n) is 18.5. The van der Waals surface area contributed by atoms with Gasteiger partial charge in [-0.25, -0.2) is 4.39 Å². The van der Waals surface area contributed by atoms with Gasteiger partial charge in [0.15, 0.2) is 17.5 Å². The van der Waals surface area contributed by atoms with E-state index < -0.39 is 0 Å². The molecule has 8 heteroatoms. The van der Waals surface area contributed by atoms with Crippen molar-refractivity contribution in [2.45, 2.75) is 38.3 Å². The number of guanidine groups is 1. The van der Waals surface area contributed by atoms with Gasteiger partial charge in [-0.3, -0.25) is 9.89 Å². The lowest BCUT2D eigenvalue weighted by atomic mass is 9.98. The summed E-state index contributed by atoms with van der Waals surface area (Å²) in [5, 5.41) is 7.11. The molecule has 6 nitrogen and oxygen atoms in total.